The molecule has 0 radical (unpaired) electrons. The predicted octanol–water partition coefficient (Wildman–Crippen LogP) is -2.53. The largest absolute Gasteiger partial charge is 1.00 e. The molecule has 0 bridgehead atoms. The third-order valence-corrected chi connectivity index (χ3v) is 0.500. The second-order valence-corrected chi connectivity index (χ2v) is 1.45. The number of hydrogen-bond donors (Lipinski definition) is 0. The van der Waals surface area contributed by atoms with E-state index in [-0.39, 0.29) is 55.8 Å². The zero-order valence-electron chi connectivity index (χ0n) is 3.72. The molecule has 0 saturated carbocycles. The van der Waals surface area contributed by atoms with Crippen molar-refractivity contribution < 1.29 is 56.1 Å². The average Bonchev–Trinajstić information content (AvgIpc) is 1.38. The monoisotopic (exact) mass is 146 g/mol. The van der Waals surface area contributed by atoms with Crippen molar-refractivity contribution >= 4 is 29.2 Å². The molecule has 0 unspecified atom stereocenters. The van der Waals surface area contributed by atoms with Gasteiger partial charge >= 0.3 is 51.4 Å². The molecule has 6 heavy (non-hydrogen) atoms. The number of thiocarbonyl (C=S) groups is 1. The first-order chi connectivity index (χ1) is 2.27. The van der Waals surface area contributed by atoms with Crippen molar-refractivity contribution in [2.45, 2.75) is 0 Å². The Morgan fingerprint density at radius 3 is 2.00 bits per heavy atom. The molecule has 0 saturated heterocycles. The van der Waals surface area contributed by atoms with Crippen LogP contribution >= 0.6 is 12.2 Å². The average molecular weight is 146 g/mol. The normalized spacial score (nSPS) is 5.50. The van der Waals surface area contributed by atoms with Gasteiger partial charge in [0.1, 0.15) is 0 Å². The Balaban J connectivity index is 0. The van der Waals surface area contributed by atoms with Crippen molar-refractivity contribution in [2.24, 2.45) is 0 Å². The number of rotatable bonds is 0. The van der Waals surface area contributed by atoms with Gasteiger partial charge in [-0.25, -0.2) is 0 Å². The SMILES string of the molecule is COC(=S)[S-].[K+]. The fraction of sp³-hybridized carbons (Fsp3) is 0.500. The van der Waals surface area contributed by atoms with Crippen molar-refractivity contribution in [3.63, 3.8) is 0 Å². The minimum absolute atomic E-state index is 0. The summed E-state index contributed by atoms with van der Waals surface area (Å²) >= 11 is 8.58. The molecule has 0 aromatic rings. The Hall–Kier alpha value is 1.75. The molecule has 0 aromatic carbocycles. The fourth-order valence-corrected chi connectivity index (χ4v) is 0. The van der Waals surface area contributed by atoms with Crippen molar-refractivity contribution in [2.75, 3.05) is 7.11 Å². The van der Waals surface area contributed by atoms with Crippen LogP contribution in [0.3, 0.4) is 0 Å². The van der Waals surface area contributed by atoms with Crippen LogP contribution in [-0.2, 0) is 17.4 Å². The molecule has 0 N–H and O–H groups in total. The van der Waals surface area contributed by atoms with E-state index in [2.05, 4.69) is 29.6 Å². The molecule has 30 valence electrons. The van der Waals surface area contributed by atoms with Crippen molar-refractivity contribution in [1.82, 2.24) is 0 Å². The molecular formula is C2H3KOS2. The molecule has 4 heteroatoms. The minimum atomic E-state index is 0. The summed E-state index contributed by atoms with van der Waals surface area (Å²) in [5, 5.41) is 0. The molecule has 0 aromatic heterocycles. The Bertz CT molecular complexity index is 46.8. The molecule has 0 aliphatic carbocycles. The van der Waals surface area contributed by atoms with Gasteiger partial charge in [-0.3, -0.25) is 0 Å². The van der Waals surface area contributed by atoms with Crippen molar-refractivity contribution in [1.29, 1.82) is 0 Å². The van der Waals surface area contributed by atoms with Crippen LogP contribution in [-0.4, -0.2) is 11.5 Å². The summed E-state index contributed by atoms with van der Waals surface area (Å²) < 4.78 is 4.47. The molecule has 0 aliphatic rings. The van der Waals surface area contributed by atoms with E-state index in [1.165, 1.54) is 7.11 Å². The summed E-state index contributed by atoms with van der Waals surface area (Å²) in [5.41, 5.74) is 0. The summed E-state index contributed by atoms with van der Waals surface area (Å²) in [6.45, 7) is 0. The zero-order chi connectivity index (χ0) is 4.28. The second kappa shape index (κ2) is 6.75. The van der Waals surface area contributed by atoms with Crippen LogP contribution in [0.4, 0.5) is 0 Å². The summed E-state index contributed by atoms with van der Waals surface area (Å²) in [4.78, 5) is 0. The maximum atomic E-state index is 4.30. The second-order valence-electron chi connectivity index (χ2n) is 0.454. The minimum Gasteiger partial charge on any atom is -0.517 e. The maximum absolute atomic E-state index is 4.30. The topological polar surface area (TPSA) is 9.23 Å². The number of hydrogen-bond acceptors (Lipinski definition) is 3. The smallest absolute Gasteiger partial charge is 0.517 e. The molecule has 0 aliphatic heterocycles. The van der Waals surface area contributed by atoms with Gasteiger partial charge in [0, 0.05) is 4.38 Å². The standard InChI is InChI=1S/C2H4OS2.K/c1-3-2(4)5;/h1H3,(H,4,5);/q;+1/p-1. The van der Waals surface area contributed by atoms with E-state index in [0.29, 0.717) is 0 Å². The van der Waals surface area contributed by atoms with Gasteiger partial charge in [-0.2, -0.15) is 0 Å². The Kier molecular flexibility index (Phi) is 12.0. The molecule has 0 rings (SSSR count). The van der Waals surface area contributed by atoms with Crippen LogP contribution in [0.2, 0.25) is 0 Å². The van der Waals surface area contributed by atoms with E-state index in [1.54, 1.807) is 0 Å². The van der Waals surface area contributed by atoms with Crippen molar-refractivity contribution in [3.8, 4) is 0 Å². The Morgan fingerprint density at radius 1 is 1.83 bits per heavy atom. The third kappa shape index (κ3) is 9.22. The summed E-state index contributed by atoms with van der Waals surface area (Å²) in [5.74, 6) is 0. The van der Waals surface area contributed by atoms with Gasteiger partial charge in [0.25, 0.3) is 0 Å². The fourth-order valence-electron chi connectivity index (χ4n) is 0. The molecule has 0 fully saturated rings. The van der Waals surface area contributed by atoms with Crippen LogP contribution in [0.1, 0.15) is 0 Å². The van der Waals surface area contributed by atoms with Gasteiger partial charge in [-0.05, 0) is 0 Å². The van der Waals surface area contributed by atoms with Gasteiger partial charge in [0.2, 0.25) is 0 Å². The van der Waals surface area contributed by atoms with Gasteiger partial charge in [-0.15, -0.1) is 0 Å². The van der Waals surface area contributed by atoms with E-state index in [1.807, 2.05) is 0 Å². The first-order valence-corrected chi connectivity index (χ1v) is 1.84. The Morgan fingerprint density at radius 2 is 2.00 bits per heavy atom. The molecule has 0 atom stereocenters. The van der Waals surface area contributed by atoms with E-state index in [4.69, 9.17) is 0 Å². The van der Waals surface area contributed by atoms with E-state index in [0.717, 1.165) is 0 Å². The third-order valence-electron chi connectivity index (χ3n) is 0.167. The van der Waals surface area contributed by atoms with E-state index >= 15 is 0 Å². The van der Waals surface area contributed by atoms with Gasteiger partial charge in [0.15, 0.2) is 0 Å². The zero-order valence-corrected chi connectivity index (χ0v) is 8.48. The van der Waals surface area contributed by atoms with Crippen LogP contribution in [0.25, 0.3) is 0 Å². The van der Waals surface area contributed by atoms with Crippen LogP contribution in [0.5, 0.6) is 0 Å². The number of methoxy groups -OCH3 is 1. The number of ether oxygens (including phenoxy) is 1. The molecule has 1 nitrogen and oxygen atoms in total. The summed E-state index contributed by atoms with van der Waals surface area (Å²) in [7, 11) is 1.45. The predicted molar refractivity (Wildman–Crippen MR) is 27.0 cm³/mol. The molecule has 0 amide bonds. The first kappa shape index (κ1) is 10.7. The van der Waals surface area contributed by atoms with Crippen LogP contribution in [0, 0.1) is 0 Å². The van der Waals surface area contributed by atoms with Gasteiger partial charge in [0.05, 0.1) is 7.11 Å². The summed E-state index contributed by atoms with van der Waals surface area (Å²) in [6, 6.07) is 0. The van der Waals surface area contributed by atoms with Gasteiger partial charge < -0.3 is 29.6 Å². The van der Waals surface area contributed by atoms with Crippen molar-refractivity contribution in [3.05, 3.63) is 0 Å². The first-order valence-electron chi connectivity index (χ1n) is 1.02. The van der Waals surface area contributed by atoms with E-state index in [9.17, 15) is 0 Å². The van der Waals surface area contributed by atoms with Crippen LogP contribution < -0.4 is 51.4 Å². The molecule has 0 spiro atoms. The van der Waals surface area contributed by atoms with Gasteiger partial charge in [-0.1, -0.05) is 0 Å². The maximum Gasteiger partial charge on any atom is 1.00 e. The summed E-state index contributed by atoms with van der Waals surface area (Å²) in [6.07, 6.45) is 0. The quantitative estimate of drug-likeness (QED) is 0.212. The Labute approximate surface area is 90.7 Å². The molecule has 0 heterocycles. The molecular weight excluding hydrogens is 143 g/mol. The van der Waals surface area contributed by atoms with E-state index < -0.39 is 0 Å². The van der Waals surface area contributed by atoms with Crippen LogP contribution in [0.15, 0.2) is 0 Å².